The van der Waals surface area contributed by atoms with Crippen LogP contribution in [0.4, 0.5) is 0 Å². The molecule has 0 aromatic rings. The van der Waals surface area contributed by atoms with Gasteiger partial charge in [-0.25, -0.2) is 0 Å². The monoisotopic (exact) mass is 146 g/mol. The number of carboxylic acids is 1. The molecular formula is C5H10N2O3. The van der Waals surface area contributed by atoms with Gasteiger partial charge in [0.25, 0.3) is 0 Å². The van der Waals surface area contributed by atoms with Crippen molar-refractivity contribution in [1.82, 2.24) is 0 Å². The third-order valence-corrected chi connectivity index (χ3v) is 0.662. The highest BCUT2D eigenvalue weighted by atomic mass is 16.5. The number of aliphatic carboxylic acids is 1. The molecule has 0 aliphatic carbocycles. The minimum Gasteiger partial charge on any atom is -0.482 e. The van der Waals surface area contributed by atoms with Crippen LogP contribution in [0.15, 0.2) is 4.99 Å². The van der Waals surface area contributed by atoms with Crippen LogP contribution < -0.4 is 5.73 Å². The topological polar surface area (TPSA) is 84.9 Å². The predicted octanol–water partition coefficient (Wildman–Crippen LogP) is -0.925. The molecule has 1 aliphatic rings. The highest BCUT2D eigenvalue weighted by molar-refractivity contribution is 5.68. The lowest BCUT2D eigenvalue weighted by molar-refractivity contribution is -0.135. The van der Waals surface area contributed by atoms with Crippen molar-refractivity contribution >= 4 is 12.4 Å². The lowest BCUT2D eigenvalue weighted by Crippen LogP contribution is -2.10. The lowest BCUT2D eigenvalue weighted by atomic mass is 10.7. The van der Waals surface area contributed by atoms with Crippen molar-refractivity contribution in [2.45, 2.75) is 0 Å². The summed E-state index contributed by atoms with van der Waals surface area (Å²) in [5.41, 5.74) is 4.57. The van der Waals surface area contributed by atoms with Gasteiger partial charge in [0.05, 0.1) is 13.1 Å². The first-order chi connectivity index (χ1) is 4.77. The van der Waals surface area contributed by atoms with Gasteiger partial charge in [-0.15, -0.1) is 0 Å². The Morgan fingerprint density at radius 3 is 2.60 bits per heavy atom. The molecule has 0 saturated carbocycles. The van der Waals surface area contributed by atoms with E-state index in [1.807, 2.05) is 0 Å². The van der Waals surface area contributed by atoms with Gasteiger partial charge in [0, 0.05) is 0 Å². The van der Waals surface area contributed by atoms with Gasteiger partial charge in [0.2, 0.25) is 0 Å². The molecule has 0 unspecified atom stereocenters. The first-order valence-electron chi connectivity index (χ1n) is 2.79. The largest absolute Gasteiger partial charge is 0.482 e. The molecule has 3 N–H and O–H groups in total. The number of carbonyl (C=O) groups is 1. The Morgan fingerprint density at radius 2 is 2.50 bits per heavy atom. The fourth-order valence-corrected chi connectivity index (χ4v) is 0.264. The summed E-state index contributed by atoms with van der Waals surface area (Å²) in [5.74, 6) is -0.968. The normalized spacial score (nSPS) is 13.3. The first-order valence-corrected chi connectivity index (χ1v) is 2.79. The van der Waals surface area contributed by atoms with E-state index in [9.17, 15) is 4.79 Å². The van der Waals surface area contributed by atoms with E-state index in [0.717, 1.165) is 13.2 Å². The molecular weight excluding hydrogens is 136 g/mol. The summed E-state index contributed by atoms with van der Waals surface area (Å²) < 4.78 is 4.65. The van der Waals surface area contributed by atoms with E-state index >= 15 is 0 Å². The van der Waals surface area contributed by atoms with Gasteiger partial charge in [0.15, 0.2) is 6.40 Å². The molecule has 0 saturated heterocycles. The van der Waals surface area contributed by atoms with Crippen LogP contribution in [0.2, 0.25) is 0 Å². The smallest absolute Gasteiger partial charge is 0.317 e. The zero-order chi connectivity index (χ0) is 7.82. The predicted molar refractivity (Wildman–Crippen MR) is 36.0 cm³/mol. The van der Waals surface area contributed by atoms with Crippen molar-refractivity contribution in [3.05, 3.63) is 0 Å². The van der Waals surface area contributed by atoms with Crippen molar-refractivity contribution in [2.24, 2.45) is 10.7 Å². The Morgan fingerprint density at radius 1 is 1.90 bits per heavy atom. The average Bonchev–Trinajstić information content (AvgIpc) is 2.43. The van der Waals surface area contributed by atoms with Crippen molar-refractivity contribution in [3.63, 3.8) is 0 Å². The van der Waals surface area contributed by atoms with E-state index in [1.54, 1.807) is 0 Å². The number of ether oxygens (including phenoxy) is 1. The highest BCUT2D eigenvalue weighted by Gasteiger charge is 1.84. The van der Waals surface area contributed by atoms with E-state index in [1.165, 1.54) is 6.40 Å². The SMILES string of the molecule is C1=NCCO1.NCC(=O)O. The van der Waals surface area contributed by atoms with E-state index < -0.39 is 5.97 Å². The Kier molecular flexibility index (Phi) is 5.36. The van der Waals surface area contributed by atoms with Gasteiger partial charge in [-0.3, -0.25) is 9.79 Å². The third kappa shape index (κ3) is 6.90. The van der Waals surface area contributed by atoms with E-state index in [4.69, 9.17) is 5.11 Å². The summed E-state index contributed by atoms with van der Waals surface area (Å²) in [6.45, 7) is 1.35. The number of nitrogens with zero attached hydrogens (tertiary/aromatic N) is 1. The number of rotatable bonds is 1. The van der Waals surface area contributed by atoms with Crippen molar-refractivity contribution < 1.29 is 14.6 Å². The van der Waals surface area contributed by atoms with Crippen LogP contribution in [0.1, 0.15) is 0 Å². The molecule has 0 atom stereocenters. The van der Waals surface area contributed by atoms with Crippen molar-refractivity contribution in [3.8, 4) is 0 Å². The Hall–Kier alpha value is -1.10. The minimum atomic E-state index is -0.968. The van der Waals surface area contributed by atoms with Gasteiger partial charge < -0.3 is 15.6 Å². The molecule has 0 aromatic heterocycles. The van der Waals surface area contributed by atoms with Crippen LogP contribution in [0, 0.1) is 0 Å². The summed E-state index contributed by atoms with van der Waals surface area (Å²) in [7, 11) is 0. The van der Waals surface area contributed by atoms with Crippen LogP contribution in [0.25, 0.3) is 0 Å². The Labute approximate surface area is 58.5 Å². The molecule has 0 aromatic carbocycles. The molecule has 1 heterocycles. The van der Waals surface area contributed by atoms with Crippen molar-refractivity contribution in [2.75, 3.05) is 19.7 Å². The molecule has 10 heavy (non-hydrogen) atoms. The number of aliphatic imine (C=N–C) groups is 1. The second kappa shape index (κ2) is 6.03. The molecule has 0 bridgehead atoms. The standard InChI is InChI=1S/C3H5NO.C2H5NO2/c1-2-5-3-4-1;3-1-2(4)5/h3H,1-2H2;1,3H2,(H,4,5). The lowest BCUT2D eigenvalue weighted by Gasteiger charge is -1.76. The highest BCUT2D eigenvalue weighted by Crippen LogP contribution is 1.78. The van der Waals surface area contributed by atoms with E-state index in [2.05, 4.69) is 15.5 Å². The maximum atomic E-state index is 9.24. The van der Waals surface area contributed by atoms with Gasteiger partial charge in [-0.2, -0.15) is 0 Å². The molecule has 1 rings (SSSR count). The van der Waals surface area contributed by atoms with Crippen LogP contribution in [-0.4, -0.2) is 37.2 Å². The summed E-state index contributed by atoms with van der Waals surface area (Å²) >= 11 is 0. The number of nitrogens with two attached hydrogens (primary N) is 1. The van der Waals surface area contributed by atoms with Gasteiger partial charge in [-0.1, -0.05) is 0 Å². The average molecular weight is 146 g/mol. The van der Waals surface area contributed by atoms with Gasteiger partial charge >= 0.3 is 5.97 Å². The van der Waals surface area contributed by atoms with Gasteiger partial charge in [0.1, 0.15) is 6.61 Å². The molecule has 5 nitrogen and oxygen atoms in total. The summed E-state index contributed by atoms with van der Waals surface area (Å²) in [6, 6.07) is 0. The Bertz CT molecular complexity index is 118. The van der Waals surface area contributed by atoms with Crippen LogP contribution >= 0.6 is 0 Å². The van der Waals surface area contributed by atoms with E-state index in [0.29, 0.717) is 0 Å². The third-order valence-electron chi connectivity index (χ3n) is 0.662. The number of hydrogen-bond acceptors (Lipinski definition) is 4. The molecule has 1 aliphatic heterocycles. The van der Waals surface area contributed by atoms with Crippen LogP contribution in [-0.2, 0) is 9.53 Å². The van der Waals surface area contributed by atoms with Crippen LogP contribution in [0.5, 0.6) is 0 Å². The van der Waals surface area contributed by atoms with E-state index in [-0.39, 0.29) is 6.54 Å². The number of carboxylic acid groups (broad SMARTS) is 1. The molecule has 0 fully saturated rings. The molecule has 0 amide bonds. The second-order valence-electron chi connectivity index (χ2n) is 1.48. The maximum absolute atomic E-state index is 9.24. The fourth-order valence-electron chi connectivity index (χ4n) is 0.264. The Balaban J connectivity index is 0.000000162. The quantitative estimate of drug-likeness (QED) is 0.500. The summed E-state index contributed by atoms with van der Waals surface area (Å²) in [6.07, 6.45) is 1.49. The minimum absolute atomic E-state index is 0.278. The molecule has 5 heteroatoms. The van der Waals surface area contributed by atoms with Crippen molar-refractivity contribution in [1.29, 1.82) is 0 Å². The number of hydrogen-bond donors (Lipinski definition) is 2. The second-order valence-corrected chi connectivity index (χ2v) is 1.48. The summed E-state index contributed by atoms with van der Waals surface area (Å²) in [5, 5.41) is 7.60. The fraction of sp³-hybridized carbons (Fsp3) is 0.600. The molecule has 58 valence electrons. The molecule has 0 spiro atoms. The zero-order valence-electron chi connectivity index (χ0n) is 5.49. The first kappa shape index (κ1) is 8.90. The zero-order valence-corrected chi connectivity index (χ0v) is 5.49. The maximum Gasteiger partial charge on any atom is 0.317 e. The van der Waals surface area contributed by atoms with Gasteiger partial charge in [-0.05, 0) is 0 Å². The summed E-state index contributed by atoms with van der Waals surface area (Å²) in [4.78, 5) is 13.0. The van der Waals surface area contributed by atoms with Crippen LogP contribution in [0.3, 0.4) is 0 Å². The molecule has 0 radical (unpaired) electrons.